The highest BCUT2D eigenvalue weighted by Gasteiger charge is 2.40. The van der Waals surface area contributed by atoms with Gasteiger partial charge in [-0.2, -0.15) is 0 Å². The highest BCUT2D eigenvalue weighted by atomic mass is 17.2. The van der Waals surface area contributed by atoms with E-state index in [0.29, 0.717) is 31.4 Å². The molecule has 8 heteroatoms. The first kappa shape index (κ1) is 34.2. The normalized spacial score (nSPS) is 10.8. The van der Waals surface area contributed by atoms with Gasteiger partial charge in [0.15, 0.2) is 0 Å². The second-order valence-corrected chi connectivity index (χ2v) is 6.92. The number of hydrogen-bond donors (Lipinski definition) is 1. The van der Waals surface area contributed by atoms with E-state index in [1.54, 1.807) is 6.92 Å². The lowest BCUT2D eigenvalue weighted by molar-refractivity contribution is -0.365. The molecule has 0 bridgehead atoms. The molecular weight excluding hydrogens is 416 g/mol. The molecule has 0 aliphatic heterocycles. The largest absolute Gasteiger partial charge is 0.478 e. The summed E-state index contributed by atoms with van der Waals surface area (Å²) in [5.41, 5.74) is -0.0220. The van der Waals surface area contributed by atoms with Gasteiger partial charge in [-0.15, -0.1) is 0 Å². The Bertz CT molecular complexity index is 579. The van der Waals surface area contributed by atoms with Gasteiger partial charge in [0, 0.05) is 17.2 Å². The van der Waals surface area contributed by atoms with Crippen molar-refractivity contribution in [3.05, 3.63) is 37.0 Å². The Morgan fingerprint density at radius 2 is 1.53 bits per heavy atom. The van der Waals surface area contributed by atoms with E-state index in [9.17, 15) is 14.4 Å². The van der Waals surface area contributed by atoms with Gasteiger partial charge in [0.05, 0.1) is 13.7 Å². The molecule has 0 saturated carbocycles. The van der Waals surface area contributed by atoms with Crippen LogP contribution in [0.4, 0.5) is 0 Å². The van der Waals surface area contributed by atoms with Gasteiger partial charge < -0.3 is 14.6 Å². The molecule has 0 aliphatic rings. The molecule has 0 aromatic carbocycles. The Labute approximate surface area is 193 Å². The molecule has 186 valence electrons. The first-order valence-electron chi connectivity index (χ1n) is 10.7. The van der Waals surface area contributed by atoms with Gasteiger partial charge >= 0.3 is 17.9 Å². The molecule has 0 fully saturated rings. The monoisotopic (exact) mass is 458 g/mol. The number of aliphatic carboxylic acids is 1. The van der Waals surface area contributed by atoms with Crippen LogP contribution in [0.25, 0.3) is 0 Å². The Hall–Kier alpha value is -2.45. The van der Waals surface area contributed by atoms with E-state index in [2.05, 4.69) is 24.5 Å². The highest BCUT2D eigenvalue weighted by Crippen LogP contribution is 2.29. The number of carboxylic acid groups (broad SMARTS) is 1. The van der Waals surface area contributed by atoms with E-state index in [1.165, 1.54) is 20.1 Å². The first-order valence-corrected chi connectivity index (χ1v) is 10.7. The molecule has 0 aliphatic carbocycles. The van der Waals surface area contributed by atoms with Crippen LogP contribution >= 0.6 is 0 Å². The third-order valence-electron chi connectivity index (χ3n) is 4.28. The first-order chi connectivity index (χ1) is 14.9. The third kappa shape index (κ3) is 16.3. The van der Waals surface area contributed by atoms with Crippen molar-refractivity contribution in [1.29, 1.82) is 0 Å². The zero-order valence-electron chi connectivity index (χ0n) is 20.8. The highest BCUT2D eigenvalue weighted by molar-refractivity contribution is 5.87. The second-order valence-electron chi connectivity index (χ2n) is 6.92. The van der Waals surface area contributed by atoms with Gasteiger partial charge in [-0.05, 0) is 39.5 Å². The Kier molecular flexibility index (Phi) is 21.8. The standard InChI is InChI=1S/C13H24O4.C7H12O2.C4H6O2/c1-7-11(16-12(14)10(4)5)13(8-2,9-3)17-15-6;1-3-5-6-9-7(8)4-2;1-3(2)4(5)6/h11H,4,7-9H2,1-3,5-6H3;4H,2-3,5-6H2,1H3;1H2,2H3,(H,5,6). The second kappa shape index (κ2) is 20.5. The van der Waals surface area contributed by atoms with Crippen LogP contribution in [0.1, 0.15) is 73.6 Å². The zero-order valence-corrected chi connectivity index (χ0v) is 20.8. The fraction of sp³-hybridized carbons (Fsp3) is 0.625. The van der Waals surface area contributed by atoms with Crippen molar-refractivity contribution < 1.29 is 38.7 Å². The van der Waals surface area contributed by atoms with E-state index in [1.807, 2.05) is 27.7 Å². The number of ether oxygens (including phenoxy) is 2. The van der Waals surface area contributed by atoms with Crippen LogP contribution in [0, 0.1) is 0 Å². The summed E-state index contributed by atoms with van der Waals surface area (Å²) in [6, 6.07) is 0. The summed E-state index contributed by atoms with van der Waals surface area (Å²) in [5.74, 6) is -1.65. The lowest BCUT2D eigenvalue weighted by atomic mass is 9.89. The number of hydrogen-bond acceptors (Lipinski definition) is 7. The Morgan fingerprint density at radius 1 is 1.03 bits per heavy atom. The number of carboxylic acids is 1. The van der Waals surface area contributed by atoms with Crippen molar-refractivity contribution in [2.45, 2.75) is 85.4 Å². The Morgan fingerprint density at radius 3 is 1.81 bits per heavy atom. The molecular formula is C24H42O8. The molecule has 0 aromatic heterocycles. The summed E-state index contributed by atoms with van der Waals surface area (Å²) in [5, 5.41) is 7.89. The molecule has 0 radical (unpaired) electrons. The molecule has 1 N–H and O–H groups in total. The van der Waals surface area contributed by atoms with Gasteiger partial charge in [0.2, 0.25) is 0 Å². The number of carbonyl (C=O) groups is 3. The zero-order chi connectivity index (χ0) is 25.7. The van der Waals surface area contributed by atoms with Crippen LogP contribution in [0.2, 0.25) is 0 Å². The van der Waals surface area contributed by atoms with E-state index in [4.69, 9.17) is 19.6 Å². The van der Waals surface area contributed by atoms with Crippen molar-refractivity contribution in [2.24, 2.45) is 0 Å². The summed E-state index contributed by atoms with van der Waals surface area (Å²) in [7, 11) is 1.47. The van der Waals surface area contributed by atoms with Crippen molar-refractivity contribution in [1.82, 2.24) is 0 Å². The van der Waals surface area contributed by atoms with E-state index in [-0.39, 0.29) is 23.6 Å². The topological polar surface area (TPSA) is 108 Å². The summed E-state index contributed by atoms with van der Waals surface area (Å²) < 4.78 is 10.1. The summed E-state index contributed by atoms with van der Waals surface area (Å²) >= 11 is 0. The van der Waals surface area contributed by atoms with Crippen molar-refractivity contribution in [3.8, 4) is 0 Å². The molecule has 0 spiro atoms. The predicted molar refractivity (Wildman–Crippen MR) is 125 cm³/mol. The SMILES string of the molecule is C=C(C)C(=O)O.C=C(C)C(=O)OC(CC)C(CC)(CC)OOC.C=CC(=O)OCCCC. The van der Waals surface area contributed by atoms with Crippen LogP contribution < -0.4 is 0 Å². The minimum absolute atomic E-state index is 0.176. The number of unbranched alkanes of at least 4 members (excludes halogenated alkanes) is 1. The summed E-state index contributed by atoms with van der Waals surface area (Å²) in [6.07, 6.45) is 4.91. The maximum atomic E-state index is 11.6. The van der Waals surface area contributed by atoms with Crippen LogP contribution in [-0.4, -0.2) is 48.4 Å². The summed E-state index contributed by atoms with van der Waals surface area (Å²) in [4.78, 5) is 41.7. The van der Waals surface area contributed by atoms with Crippen LogP contribution in [0.15, 0.2) is 37.0 Å². The van der Waals surface area contributed by atoms with Crippen LogP contribution in [-0.2, 0) is 33.6 Å². The molecule has 1 atom stereocenters. The van der Waals surface area contributed by atoms with Gasteiger partial charge in [-0.3, -0.25) is 0 Å². The predicted octanol–water partition coefficient (Wildman–Crippen LogP) is 5.18. The van der Waals surface area contributed by atoms with Crippen LogP contribution in [0.5, 0.6) is 0 Å². The lowest BCUT2D eigenvalue weighted by Gasteiger charge is -2.36. The number of carbonyl (C=O) groups excluding carboxylic acids is 2. The van der Waals surface area contributed by atoms with E-state index >= 15 is 0 Å². The third-order valence-corrected chi connectivity index (χ3v) is 4.28. The minimum Gasteiger partial charge on any atom is -0.478 e. The minimum atomic E-state index is -0.935. The van der Waals surface area contributed by atoms with E-state index < -0.39 is 11.6 Å². The quantitative estimate of drug-likeness (QED) is 0.132. The Balaban J connectivity index is -0.000000466. The molecule has 8 nitrogen and oxygen atoms in total. The van der Waals surface area contributed by atoms with Crippen molar-refractivity contribution in [3.63, 3.8) is 0 Å². The number of esters is 2. The average molecular weight is 459 g/mol. The van der Waals surface area contributed by atoms with Crippen molar-refractivity contribution in [2.75, 3.05) is 13.7 Å². The molecule has 0 amide bonds. The van der Waals surface area contributed by atoms with E-state index in [0.717, 1.165) is 12.8 Å². The number of rotatable bonds is 13. The molecule has 0 saturated heterocycles. The van der Waals surface area contributed by atoms with Gasteiger partial charge in [-0.1, -0.05) is 53.9 Å². The maximum absolute atomic E-state index is 11.6. The fourth-order valence-electron chi connectivity index (χ4n) is 2.21. The fourth-order valence-corrected chi connectivity index (χ4v) is 2.21. The molecule has 0 heterocycles. The van der Waals surface area contributed by atoms with Gasteiger partial charge in [0.25, 0.3) is 0 Å². The van der Waals surface area contributed by atoms with Crippen molar-refractivity contribution >= 4 is 17.9 Å². The molecule has 32 heavy (non-hydrogen) atoms. The van der Waals surface area contributed by atoms with Gasteiger partial charge in [-0.25, -0.2) is 24.2 Å². The van der Waals surface area contributed by atoms with Crippen LogP contribution in [0.3, 0.4) is 0 Å². The molecule has 0 rings (SSSR count). The molecule has 1 unspecified atom stereocenters. The maximum Gasteiger partial charge on any atom is 0.333 e. The van der Waals surface area contributed by atoms with Gasteiger partial charge in [0.1, 0.15) is 11.7 Å². The average Bonchev–Trinajstić information content (AvgIpc) is 2.76. The molecule has 0 aromatic rings. The summed E-state index contributed by atoms with van der Waals surface area (Å²) in [6.45, 7) is 21.6. The smallest absolute Gasteiger partial charge is 0.333 e. The lowest BCUT2D eigenvalue weighted by Crippen LogP contribution is -2.46.